The summed E-state index contributed by atoms with van der Waals surface area (Å²) < 4.78 is 0. The molecule has 1 amide bonds. The number of hydrogen-bond donors (Lipinski definition) is 1. The minimum atomic E-state index is -0.0159. The molecule has 0 radical (unpaired) electrons. The molecule has 1 aromatic heterocycles. The molecule has 1 aliphatic heterocycles. The summed E-state index contributed by atoms with van der Waals surface area (Å²) in [5.74, 6) is -0.0159. The summed E-state index contributed by atoms with van der Waals surface area (Å²) >= 11 is 0. The van der Waals surface area contributed by atoms with Crippen LogP contribution < -0.4 is 5.73 Å². The van der Waals surface area contributed by atoms with E-state index in [1.807, 2.05) is 4.90 Å². The van der Waals surface area contributed by atoms with E-state index in [2.05, 4.69) is 29.2 Å². The molecule has 4 heteroatoms. The van der Waals surface area contributed by atoms with E-state index < -0.39 is 0 Å². The predicted octanol–water partition coefficient (Wildman–Crippen LogP) is 1.90. The first kappa shape index (κ1) is 12.7. The zero-order valence-electron chi connectivity index (χ0n) is 11.2. The van der Waals surface area contributed by atoms with Crippen LogP contribution in [0.25, 0.3) is 0 Å². The van der Waals surface area contributed by atoms with Gasteiger partial charge in [0.1, 0.15) is 5.69 Å². The Kier molecular flexibility index (Phi) is 3.37. The van der Waals surface area contributed by atoms with Crippen LogP contribution in [-0.2, 0) is 12.8 Å². The van der Waals surface area contributed by atoms with E-state index in [0.717, 1.165) is 25.9 Å². The lowest BCUT2D eigenvalue weighted by molar-refractivity contribution is 0.0757. The monoisotopic (exact) mass is 267 g/mol. The van der Waals surface area contributed by atoms with Gasteiger partial charge in [-0.25, -0.2) is 4.98 Å². The van der Waals surface area contributed by atoms with Gasteiger partial charge >= 0.3 is 0 Å². The van der Waals surface area contributed by atoms with Gasteiger partial charge in [-0.2, -0.15) is 0 Å². The molecule has 0 spiro atoms. The average Bonchev–Trinajstić information content (AvgIpc) is 2.70. The van der Waals surface area contributed by atoms with Crippen molar-refractivity contribution in [2.24, 2.45) is 0 Å². The molecule has 0 aliphatic carbocycles. The highest BCUT2D eigenvalue weighted by atomic mass is 16.2. The van der Waals surface area contributed by atoms with Crippen LogP contribution in [0.2, 0.25) is 0 Å². The van der Waals surface area contributed by atoms with Crippen molar-refractivity contribution in [3.8, 4) is 0 Å². The number of amides is 1. The molecule has 2 aromatic rings. The molecule has 0 saturated carbocycles. The van der Waals surface area contributed by atoms with E-state index in [9.17, 15) is 4.79 Å². The van der Waals surface area contributed by atoms with Gasteiger partial charge < -0.3 is 10.6 Å². The van der Waals surface area contributed by atoms with Crippen LogP contribution in [0.5, 0.6) is 0 Å². The van der Waals surface area contributed by atoms with Crippen LogP contribution in [0.3, 0.4) is 0 Å². The average molecular weight is 267 g/mol. The molecule has 2 N–H and O–H groups in total. The van der Waals surface area contributed by atoms with E-state index in [1.165, 1.54) is 17.3 Å². The molecule has 4 nitrogen and oxygen atoms in total. The molecule has 0 atom stereocenters. The summed E-state index contributed by atoms with van der Waals surface area (Å²) in [6.07, 6.45) is 3.33. The topological polar surface area (TPSA) is 59.2 Å². The van der Waals surface area contributed by atoms with Crippen LogP contribution in [0.15, 0.2) is 42.6 Å². The smallest absolute Gasteiger partial charge is 0.272 e. The van der Waals surface area contributed by atoms with E-state index in [-0.39, 0.29) is 5.91 Å². The number of anilines is 1. The molecule has 0 saturated heterocycles. The number of nitrogen functional groups attached to an aromatic ring is 1. The first-order valence-electron chi connectivity index (χ1n) is 6.81. The van der Waals surface area contributed by atoms with Gasteiger partial charge in [-0.15, -0.1) is 0 Å². The first-order chi connectivity index (χ1) is 9.74. The van der Waals surface area contributed by atoms with E-state index in [0.29, 0.717) is 11.4 Å². The second-order valence-electron chi connectivity index (χ2n) is 5.04. The minimum absolute atomic E-state index is 0.0159. The third-order valence-electron chi connectivity index (χ3n) is 3.71. The second-order valence-corrected chi connectivity index (χ2v) is 5.04. The molecule has 20 heavy (non-hydrogen) atoms. The fourth-order valence-electron chi connectivity index (χ4n) is 2.56. The molecular weight excluding hydrogens is 250 g/mol. The van der Waals surface area contributed by atoms with Gasteiger partial charge in [0.05, 0.1) is 11.9 Å². The number of hydrogen-bond acceptors (Lipinski definition) is 3. The summed E-state index contributed by atoms with van der Waals surface area (Å²) in [5, 5.41) is 0. The fraction of sp³-hybridized carbons (Fsp3) is 0.250. The number of fused-ring (bicyclic) bond motifs is 1. The molecule has 3 rings (SSSR count). The van der Waals surface area contributed by atoms with E-state index in [4.69, 9.17) is 5.73 Å². The van der Waals surface area contributed by atoms with Gasteiger partial charge in [0.25, 0.3) is 5.91 Å². The number of nitrogens with two attached hydrogens (primary N) is 1. The summed E-state index contributed by atoms with van der Waals surface area (Å²) in [6.45, 7) is 1.48. The zero-order valence-corrected chi connectivity index (χ0v) is 11.2. The maximum atomic E-state index is 12.4. The van der Waals surface area contributed by atoms with E-state index >= 15 is 0 Å². The highest BCUT2D eigenvalue weighted by Crippen LogP contribution is 2.16. The lowest BCUT2D eigenvalue weighted by Crippen LogP contribution is -2.33. The van der Waals surface area contributed by atoms with Gasteiger partial charge in [-0.3, -0.25) is 4.79 Å². The number of pyridine rings is 1. The number of benzene rings is 1. The number of rotatable bonds is 1. The standard InChI is InChI=1S/C16H17N3O/c17-14-5-6-15(18-11-14)16(20)19-9-7-12-3-1-2-4-13(12)8-10-19/h1-6,11H,7-10,17H2. The van der Waals surface area contributed by atoms with Gasteiger partial charge in [-0.05, 0) is 36.1 Å². The lowest BCUT2D eigenvalue weighted by Gasteiger charge is -2.19. The maximum absolute atomic E-state index is 12.4. The summed E-state index contributed by atoms with van der Waals surface area (Å²) in [5.41, 5.74) is 9.32. The highest BCUT2D eigenvalue weighted by Gasteiger charge is 2.20. The van der Waals surface area contributed by atoms with Crippen molar-refractivity contribution in [1.82, 2.24) is 9.88 Å². The summed E-state index contributed by atoms with van der Waals surface area (Å²) in [4.78, 5) is 18.4. The molecule has 1 aliphatic rings. The van der Waals surface area contributed by atoms with Crippen molar-refractivity contribution in [3.05, 3.63) is 59.4 Å². The predicted molar refractivity (Wildman–Crippen MR) is 78.4 cm³/mol. The van der Waals surface area contributed by atoms with Crippen molar-refractivity contribution >= 4 is 11.6 Å². The Morgan fingerprint density at radius 3 is 2.25 bits per heavy atom. The molecule has 1 aromatic carbocycles. The summed E-state index contributed by atoms with van der Waals surface area (Å²) in [7, 11) is 0. The van der Waals surface area contributed by atoms with Crippen LogP contribution >= 0.6 is 0 Å². The molecule has 0 fully saturated rings. The number of carbonyl (C=O) groups excluding carboxylic acids is 1. The number of aromatic nitrogens is 1. The zero-order chi connectivity index (χ0) is 13.9. The summed E-state index contributed by atoms with van der Waals surface area (Å²) in [6, 6.07) is 11.8. The minimum Gasteiger partial charge on any atom is -0.397 e. The maximum Gasteiger partial charge on any atom is 0.272 e. The Bertz CT molecular complexity index is 595. The van der Waals surface area contributed by atoms with Crippen molar-refractivity contribution < 1.29 is 4.79 Å². The first-order valence-corrected chi connectivity index (χ1v) is 6.81. The third-order valence-corrected chi connectivity index (χ3v) is 3.71. The Labute approximate surface area is 118 Å². The number of nitrogens with zero attached hydrogens (tertiary/aromatic N) is 2. The Morgan fingerprint density at radius 2 is 1.70 bits per heavy atom. The second kappa shape index (κ2) is 5.33. The largest absolute Gasteiger partial charge is 0.397 e. The van der Waals surface area contributed by atoms with Crippen LogP contribution in [-0.4, -0.2) is 28.9 Å². The van der Waals surface area contributed by atoms with Crippen molar-refractivity contribution in [2.45, 2.75) is 12.8 Å². The molecule has 102 valence electrons. The van der Waals surface area contributed by atoms with Crippen molar-refractivity contribution in [3.63, 3.8) is 0 Å². The van der Waals surface area contributed by atoms with Crippen molar-refractivity contribution in [2.75, 3.05) is 18.8 Å². The molecule has 0 bridgehead atoms. The Morgan fingerprint density at radius 1 is 1.05 bits per heavy atom. The Balaban J connectivity index is 1.76. The van der Waals surface area contributed by atoms with Crippen LogP contribution in [0, 0.1) is 0 Å². The van der Waals surface area contributed by atoms with Gasteiger partial charge in [-0.1, -0.05) is 24.3 Å². The quantitative estimate of drug-likeness (QED) is 0.858. The number of carbonyl (C=O) groups is 1. The third kappa shape index (κ3) is 2.50. The van der Waals surface area contributed by atoms with Crippen LogP contribution in [0.1, 0.15) is 21.6 Å². The fourth-order valence-corrected chi connectivity index (χ4v) is 2.56. The molecular formula is C16H17N3O. The van der Waals surface area contributed by atoms with Crippen molar-refractivity contribution in [1.29, 1.82) is 0 Å². The lowest BCUT2D eigenvalue weighted by atomic mass is 10.0. The van der Waals surface area contributed by atoms with Crippen LogP contribution in [0.4, 0.5) is 5.69 Å². The molecule has 0 unspecified atom stereocenters. The highest BCUT2D eigenvalue weighted by molar-refractivity contribution is 5.92. The van der Waals surface area contributed by atoms with Gasteiger partial charge in [0, 0.05) is 13.1 Å². The van der Waals surface area contributed by atoms with Gasteiger partial charge in [0.15, 0.2) is 0 Å². The van der Waals surface area contributed by atoms with E-state index in [1.54, 1.807) is 12.1 Å². The molecule has 2 heterocycles. The SMILES string of the molecule is Nc1ccc(C(=O)N2CCc3ccccc3CC2)nc1. The van der Waals surface area contributed by atoms with Gasteiger partial charge in [0.2, 0.25) is 0 Å². The Hall–Kier alpha value is -2.36. The normalized spacial score (nSPS) is 14.5.